The maximum Gasteiger partial charge on any atom is 0.408 e. The molecule has 196 valence electrons. The number of rotatable bonds is 11. The molecule has 2 rings (SSSR count). The van der Waals surface area contributed by atoms with Crippen molar-refractivity contribution in [2.75, 3.05) is 0 Å². The third kappa shape index (κ3) is 8.44. The Morgan fingerprint density at radius 1 is 1.09 bits per heavy atom. The van der Waals surface area contributed by atoms with Crippen LogP contribution in [0, 0.1) is 5.92 Å². The summed E-state index contributed by atoms with van der Waals surface area (Å²) in [5, 5.41) is 15.6. The van der Waals surface area contributed by atoms with Gasteiger partial charge in [-0.3, -0.25) is 9.59 Å². The Hall–Kier alpha value is -2.77. The highest BCUT2D eigenvalue weighted by atomic mass is 16.6. The molecule has 1 aliphatic rings. The molecule has 1 aliphatic carbocycles. The molecule has 0 aromatic heterocycles. The van der Waals surface area contributed by atoms with E-state index in [-0.39, 0.29) is 35.6 Å². The summed E-state index contributed by atoms with van der Waals surface area (Å²) >= 11 is 0. The lowest BCUT2D eigenvalue weighted by molar-refractivity contribution is -0.144. The van der Waals surface area contributed by atoms with Gasteiger partial charge in [0.15, 0.2) is 0 Å². The zero-order chi connectivity index (χ0) is 26.3. The van der Waals surface area contributed by atoms with Crippen molar-refractivity contribution >= 4 is 17.9 Å². The fourth-order valence-corrected chi connectivity index (χ4v) is 4.07. The summed E-state index contributed by atoms with van der Waals surface area (Å²) in [7, 11) is 0. The fourth-order valence-electron chi connectivity index (χ4n) is 4.07. The molecule has 8 heteroatoms. The first-order valence-corrected chi connectivity index (χ1v) is 12.8. The second-order valence-corrected chi connectivity index (χ2v) is 10.7. The molecule has 3 N–H and O–H groups in total. The highest BCUT2D eigenvalue weighted by molar-refractivity contribution is 5.92. The number of phenols is 1. The van der Waals surface area contributed by atoms with Crippen molar-refractivity contribution in [1.29, 1.82) is 0 Å². The van der Waals surface area contributed by atoms with Crippen molar-refractivity contribution in [3.05, 3.63) is 29.8 Å². The molecule has 0 spiro atoms. The third-order valence-corrected chi connectivity index (χ3v) is 6.19. The number of carbonyl (C=O) groups is 3. The lowest BCUT2D eigenvalue weighted by Gasteiger charge is -2.36. The smallest absolute Gasteiger partial charge is 0.408 e. The zero-order valence-electron chi connectivity index (χ0n) is 22.3. The molecule has 8 nitrogen and oxygen atoms in total. The molecule has 4 unspecified atom stereocenters. The number of benzene rings is 1. The van der Waals surface area contributed by atoms with Gasteiger partial charge in [-0.2, -0.15) is 0 Å². The molecular formula is C27H43N3O5. The number of carbonyl (C=O) groups excluding carboxylic acids is 3. The van der Waals surface area contributed by atoms with E-state index in [0.29, 0.717) is 12.0 Å². The molecule has 0 heterocycles. The van der Waals surface area contributed by atoms with Gasteiger partial charge >= 0.3 is 6.09 Å². The molecule has 1 saturated carbocycles. The van der Waals surface area contributed by atoms with Gasteiger partial charge in [0.1, 0.15) is 23.4 Å². The van der Waals surface area contributed by atoms with Crippen LogP contribution in [-0.2, 0) is 14.3 Å². The number of hydrogen-bond acceptors (Lipinski definition) is 5. The number of aromatic hydroxyl groups is 1. The van der Waals surface area contributed by atoms with Gasteiger partial charge in [-0.1, -0.05) is 45.7 Å². The van der Waals surface area contributed by atoms with Crippen LogP contribution in [0.25, 0.3) is 0 Å². The quantitative estimate of drug-likeness (QED) is 0.419. The van der Waals surface area contributed by atoms with E-state index in [1.165, 1.54) is 12.1 Å². The molecule has 1 fully saturated rings. The van der Waals surface area contributed by atoms with Gasteiger partial charge in [-0.15, -0.1) is 0 Å². The van der Waals surface area contributed by atoms with Crippen LogP contribution in [0.4, 0.5) is 4.79 Å². The van der Waals surface area contributed by atoms with E-state index in [9.17, 15) is 19.5 Å². The highest BCUT2D eigenvalue weighted by Crippen LogP contribution is 2.36. The Morgan fingerprint density at radius 3 is 2.17 bits per heavy atom. The van der Waals surface area contributed by atoms with Gasteiger partial charge in [0.05, 0.1) is 0 Å². The van der Waals surface area contributed by atoms with Crippen molar-refractivity contribution < 1.29 is 24.2 Å². The Morgan fingerprint density at radius 2 is 1.69 bits per heavy atom. The summed E-state index contributed by atoms with van der Waals surface area (Å²) in [4.78, 5) is 41.9. The number of ether oxygens (including phenoxy) is 1. The van der Waals surface area contributed by atoms with Crippen LogP contribution in [0.3, 0.4) is 0 Å². The number of alkyl carbamates (subject to hydrolysis) is 1. The molecule has 3 amide bonds. The fraction of sp³-hybridized carbons (Fsp3) is 0.667. The standard InChI is InChI=1S/C27H43N3O5/c1-8-10-18(4)28-24(32)23(19-11-15-21(31)16-12-19)30(20-13-14-20)25(33)22(17(3)9-2)29-26(34)35-27(5,6)7/h11-12,15-18,20,22-23,31H,8-10,13-14H2,1-7H3,(H,28,32)(H,29,34). The van der Waals surface area contributed by atoms with Crippen LogP contribution in [0.2, 0.25) is 0 Å². The predicted octanol–water partition coefficient (Wildman–Crippen LogP) is 4.67. The third-order valence-electron chi connectivity index (χ3n) is 6.19. The van der Waals surface area contributed by atoms with E-state index in [0.717, 1.165) is 25.7 Å². The van der Waals surface area contributed by atoms with E-state index in [4.69, 9.17) is 4.74 Å². The van der Waals surface area contributed by atoms with Crippen LogP contribution in [0.1, 0.15) is 92.2 Å². The van der Waals surface area contributed by atoms with Crippen LogP contribution in [0.5, 0.6) is 5.75 Å². The van der Waals surface area contributed by atoms with Crippen molar-refractivity contribution in [2.45, 2.75) is 110 Å². The highest BCUT2D eigenvalue weighted by Gasteiger charge is 2.45. The minimum absolute atomic E-state index is 0.0477. The lowest BCUT2D eigenvalue weighted by atomic mass is 9.95. The lowest BCUT2D eigenvalue weighted by Crippen LogP contribution is -2.56. The van der Waals surface area contributed by atoms with Gasteiger partial charge in [-0.25, -0.2) is 4.79 Å². The number of phenolic OH excluding ortho intramolecular Hbond substituents is 1. The first-order valence-electron chi connectivity index (χ1n) is 12.8. The SMILES string of the molecule is CCCC(C)NC(=O)C(c1ccc(O)cc1)N(C(=O)C(NC(=O)OC(C)(C)C)C(C)CC)C1CC1. The molecule has 35 heavy (non-hydrogen) atoms. The van der Waals surface area contributed by atoms with Crippen molar-refractivity contribution in [3.8, 4) is 5.75 Å². The van der Waals surface area contributed by atoms with Crippen LogP contribution >= 0.6 is 0 Å². The summed E-state index contributed by atoms with van der Waals surface area (Å²) in [6, 6.07) is 4.53. The monoisotopic (exact) mass is 489 g/mol. The van der Waals surface area contributed by atoms with E-state index in [1.54, 1.807) is 37.8 Å². The molecule has 1 aromatic carbocycles. The van der Waals surface area contributed by atoms with Gasteiger partial charge < -0.3 is 25.4 Å². The van der Waals surface area contributed by atoms with E-state index >= 15 is 0 Å². The molecule has 0 saturated heterocycles. The van der Waals surface area contributed by atoms with E-state index < -0.39 is 23.8 Å². The summed E-state index contributed by atoms with van der Waals surface area (Å²) in [5.41, 5.74) is -0.0860. The number of nitrogens with zero attached hydrogens (tertiary/aromatic N) is 1. The zero-order valence-corrected chi connectivity index (χ0v) is 22.3. The first kappa shape index (κ1) is 28.5. The maximum absolute atomic E-state index is 14.1. The van der Waals surface area contributed by atoms with Crippen molar-refractivity contribution in [3.63, 3.8) is 0 Å². The minimum Gasteiger partial charge on any atom is -0.508 e. The van der Waals surface area contributed by atoms with Crippen LogP contribution in [-0.4, -0.2) is 51.6 Å². The van der Waals surface area contributed by atoms with Gasteiger partial charge in [-0.05, 0) is 70.6 Å². The van der Waals surface area contributed by atoms with Gasteiger partial charge in [0.2, 0.25) is 11.8 Å². The summed E-state index contributed by atoms with van der Waals surface area (Å²) < 4.78 is 5.43. The molecule has 4 atom stereocenters. The van der Waals surface area contributed by atoms with Gasteiger partial charge in [0.25, 0.3) is 0 Å². The Bertz CT molecular complexity index is 861. The van der Waals surface area contributed by atoms with Gasteiger partial charge in [0, 0.05) is 12.1 Å². The normalized spacial score (nSPS) is 17.0. The molecule has 0 aliphatic heterocycles. The molecule has 0 radical (unpaired) electrons. The first-order chi connectivity index (χ1) is 16.4. The average Bonchev–Trinajstić information content (AvgIpc) is 3.59. The van der Waals surface area contributed by atoms with Crippen LogP contribution < -0.4 is 10.6 Å². The van der Waals surface area contributed by atoms with E-state index in [2.05, 4.69) is 17.6 Å². The minimum atomic E-state index is -0.873. The largest absolute Gasteiger partial charge is 0.508 e. The predicted molar refractivity (Wildman–Crippen MR) is 136 cm³/mol. The number of amides is 3. The number of hydrogen-bond donors (Lipinski definition) is 3. The van der Waals surface area contributed by atoms with Crippen molar-refractivity contribution in [1.82, 2.24) is 15.5 Å². The Labute approximate surface area is 209 Å². The average molecular weight is 490 g/mol. The summed E-state index contributed by atoms with van der Waals surface area (Å²) in [6.07, 6.45) is 3.33. The van der Waals surface area contributed by atoms with Crippen LogP contribution in [0.15, 0.2) is 24.3 Å². The van der Waals surface area contributed by atoms with E-state index in [1.807, 2.05) is 20.8 Å². The van der Waals surface area contributed by atoms with Crippen molar-refractivity contribution in [2.24, 2.45) is 5.92 Å². The Balaban J connectivity index is 2.44. The number of nitrogens with one attached hydrogen (secondary N) is 2. The Kier molecular flexibility index (Phi) is 9.98. The molecule has 0 bridgehead atoms. The molecule has 1 aromatic rings. The summed E-state index contributed by atoms with van der Waals surface area (Å²) in [6.45, 7) is 13.2. The second kappa shape index (κ2) is 12.3. The maximum atomic E-state index is 14.1. The molecular weight excluding hydrogens is 446 g/mol. The topological polar surface area (TPSA) is 108 Å². The second-order valence-electron chi connectivity index (χ2n) is 10.7. The summed E-state index contributed by atoms with van der Waals surface area (Å²) in [5.74, 6) is -0.652.